The van der Waals surface area contributed by atoms with Crippen molar-refractivity contribution in [2.75, 3.05) is 18.4 Å². The number of benzene rings is 1. The van der Waals surface area contributed by atoms with Gasteiger partial charge in [-0.05, 0) is 51.0 Å². The fourth-order valence-corrected chi connectivity index (χ4v) is 2.75. The van der Waals surface area contributed by atoms with E-state index in [9.17, 15) is 9.18 Å². The molecule has 1 aromatic heterocycles. The number of rotatable bonds is 2. The Kier molecular flexibility index (Phi) is 3.83. The van der Waals surface area contributed by atoms with Crippen molar-refractivity contribution in [1.29, 1.82) is 0 Å². The van der Waals surface area contributed by atoms with E-state index in [0.717, 1.165) is 37.3 Å². The van der Waals surface area contributed by atoms with Gasteiger partial charge in [0.1, 0.15) is 5.69 Å². The number of likely N-dealkylation sites (tertiary alicyclic amines) is 1. The molecule has 2 amide bonds. The van der Waals surface area contributed by atoms with Crippen LogP contribution < -0.4 is 5.32 Å². The topological polar surface area (TPSA) is 50.2 Å². The van der Waals surface area contributed by atoms with Crippen molar-refractivity contribution in [2.24, 2.45) is 0 Å². The molecule has 3 rings (SSSR count). The van der Waals surface area contributed by atoms with E-state index in [2.05, 4.69) is 10.4 Å². The molecule has 22 heavy (non-hydrogen) atoms. The second-order valence-corrected chi connectivity index (χ2v) is 5.63. The number of hydrogen-bond acceptors (Lipinski definition) is 2. The van der Waals surface area contributed by atoms with Crippen LogP contribution in [0, 0.1) is 19.7 Å². The minimum absolute atomic E-state index is 0.171. The summed E-state index contributed by atoms with van der Waals surface area (Å²) in [6, 6.07) is 6.38. The number of nitrogens with one attached hydrogen (secondary N) is 1. The summed E-state index contributed by atoms with van der Waals surface area (Å²) in [6.07, 6.45) is 2.05. The Morgan fingerprint density at radius 2 is 1.95 bits per heavy atom. The highest BCUT2D eigenvalue weighted by Crippen LogP contribution is 2.20. The molecule has 0 saturated carbocycles. The van der Waals surface area contributed by atoms with Crippen molar-refractivity contribution in [3.8, 4) is 5.69 Å². The molecule has 0 unspecified atom stereocenters. The van der Waals surface area contributed by atoms with Gasteiger partial charge < -0.3 is 10.2 Å². The molecule has 2 heterocycles. The van der Waals surface area contributed by atoms with Crippen LogP contribution in [-0.4, -0.2) is 33.8 Å². The second-order valence-electron chi connectivity index (χ2n) is 5.63. The number of carbonyl (C=O) groups excluding carboxylic acids is 1. The smallest absolute Gasteiger partial charge is 0.321 e. The largest absolute Gasteiger partial charge is 0.325 e. The van der Waals surface area contributed by atoms with Crippen molar-refractivity contribution in [1.82, 2.24) is 14.7 Å². The van der Waals surface area contributed by atoms with Crippen LogP contribution in [0.15, 0.2) is 24.3 Å². The lowest BCUT2D eigenvalue weighted by Gasteiger charge is -2.16. The molecule has 1 aliphatic rings. The lowest BCUT2D eigenvalue weighted by atomic mass is 10.2. The maximum Gasteiger partial charge on any atom is 0.321 e. The Balaban J connectivity index is 1.80. The molecule has 2 aromatic rings. The SMILES string of the molecule is Cc1cc(C)n(-c2ccc(NC(=O)N3CCCC3)cc2F)n1. The normalized spacial score (nSPS) is 14.4. The zero-order chi connectivity index (χ0) is 15.7. The first-order chi connectivity index (χ1) is 10.5. The van der Waals surface area contributed by atoms with Crippen LogP contribution in [0.25, 0.3) is 5.69 Å². The fourth-order valence-electron chi connectivity index (χ4n) is 2.75. The second kappa shape index (κ2) is 5.79. The van der Waals surface area contributed by atoms with Gasteiger partial charge in [-0.15, -0.1) is 0 Å². The third-order valence-corrected chi connectivity index (χ3v) is 3.83. The summed E-state index contributed by atoms with van der Waals surface area (Å²) in [5, 5.41) is 7.02. The molecular weight excluding hydrogens is 283 g/mol. The predicted octanol–water partition coefficient (Wildman–Crippen LogP) is 3.26. The molecule has 1 aromatic carbocycles. The zero-order valence-corrected chi connectivity index (χ0v) is 12.8. The van der Waals surface area contributed by atoms with Crippen LogP contribution in [0.1, 0.15) is 24.2 Å². The van der Waals surface area contributed by atoms with Gasteiger partial charge in [0.25, 0.3) is 0 Å². The Morgan fingerprint density at radius 1 is 1.23 bits per heavy atom. The number of aryl methyl sites for hydroxylation is 2. The van der Waals surface area contributed by atoms with Gasteiger partial charge in [0.2, 0.25) is 0 Å². The zero-order valence-electron chi connectivity index (χ0n) is 12.8. The van der Waals surface area contributed by atoms with Gasteiger partial charge in [0.05, 0.1) is 5.69 Å². The molecule has 1 saturated heterocycles. The number of urea groups is 1. The first kappa shape index (κ1) is 14.6. The summed E-state index contributed by atoms with van der Waals surface area (Å²) in [6.45, 7) is 5.27. The maximum absolute atomic E-state index is 14.3. The lowest BCUT2D eigenvalue weighted by Crippen LogP contribution is -2.32. The summed E-state index contributed by atoms with van der Waals surface area (Å²) in [5.74, 6) is -0.412. The number of amides is 2. The number of aromatic nitrogens is 2. The van der Waals surface area contributed by atoms with Crippen molar-refractivity contribution in [3.63, 3.8) is 0 Å². The average Bonchev–Trinajstić information content (AvgIpc) is 3.09. The van der Waals surface area contributed by atoms with Gasteiger partial charge in [-0.2, -0.15) is 5.10 Å². The van der Waals surface area contributed by atoms with Crippen molar-refractivity contribution in [3.05, 3.63) is 41.5 Å². The van der Waals surface area contributed by atoms with Crippen molar-refractivity contribution in [2.45, 2.75) is 26.7 Å². The number of hydrogen-bond donors (Lipinski definition) is 1. The van der Waals surface area contributed by atoms with Gasteiger partial charge in [-0.1, -0.05) is 0 Å². The summed E-state index contributed by atoms with van der Waals surface area (Å²) < 4.78 is 15.9. The molecule has 0 bridgehead atoms. The van der Waals surface area contributed by atoms with E-state index in [1.54, 1.807) is 21.7 Å². The third-order valence-electron chi connectivity index (χ3n) is 3.83. The van der Waals surface area contributed by atoms with E-state index in [0.29, 0.717) is 11.4 Å². The van der Waals surface area contributed by atoms with Crippen LogP contribution in [0.2, 0.25) is 0 Å². The third kappa shape index (κ3) is 2.81. The highest BCUT2D eigenvalue weighted by Gasteiger charge is 2.18. The maximum atomic E-state index is 14.3. The number of halogens is 1. The summed E-state index contributed by atoms with van der Waals surface area (Å²) in [4.78, 5) is 13.8. The minimum atomic E-state index is -0.412. The molecule has 0 atom stereocenters. The number of anilines is 1. The van der Waals surface area contributed by atoms with E-state index < -0.39 is 5.82 Å². The lowest BCUT2D eigenvalue weighted by molar-refractivity contribution is 0.222. The molecule has 116 valence electrons. The van der Waals surface area contributed by atoms with Crippen LogP contribution in [-0.2, 0) is 0 Å². The highest BCUT2D eigenvalue weighted by atomic mass is 19.1. The summed E-state index contributed by atoms with van der Waals surface area (Å²) >= 11 is 0. The molecule has 1 N–H and O–H groups in total. The molecule has 0 aliphatic carbocycles. The van der Waals surface area contributed by atoms with Gasteiger partial charge in [0, 0.05) is 24.5 Å². The van der Waals surface area contributed by atoms with E-state index in [1.807, 2.05) is 19.9 Å². The number of nitrogens with zero attached hydrogens (tertiary/aromatic N) is 3. The Labute approximate surface area is 128 Å². The fraction of sp³-hybridized carbons (Fsp3) is 0.375. The minimum Gasteiger partial charge on any atom is -0.325 e. The van der Waals surface area contributed by atoms with Gasteiger partial charge in [-0.3, -0.25) is 0 Å². The van der Waals surface area contributed by atoms with Gasteiger partial charge in [-0.25, -0.2) is 13.9 Å². The Hall–Kier alpha value is -2.37. The monoisotopic (exact) mass is 302 g/mol. The van der Waals surface area contributed by atoms with Crippen molar-refractivity contribution < 1.29 is 9.18 Å². The predicted molar refractivity (Wildman–Crippen MR) is 82.8 cm³/mol. The first-order valence-electron chi connectivity index (χ1n) is 7.44. The summed E-state index contributed by atoms with van der Waals surface area (Å²) in [5.41, 5.74) is 2.54. The summed E-state index contributed by atoms with van der Waals surface area (Å²) in [7, 11) is 0. The molecule has 1 aliphatic heterocycles. The highest BCUT2D eigenvalue weighted by molar-refractivity contribution is 5.89. The van der Waals surface area contributed by atoms with Crippen LogP contribution in [0.4, 0.5) is 14.9 Å². The standard InChI is InChI=1S/C16H19FN4O/c1-11-9-12(2)21(19-11)15-6-5-13(10-14(15)17)18-16(22)20-7-3-4-8-20/h5-6,9-10H,3-4,7-8H2,1-2H3,(H,18,22). The van der Waals surface area contributed by atoms with E-state index >= 15 is 0 Å². The van der Waals surface area contributed by atoms with Crippen LogP contribution in [0.3, 0.4) is 0 Å². The quantitative estimate of drug-likeness (QED) is 0.925. The molecular formula is C16H19FN4O. The molecule has 6 heteroatoms. The van der Waals surface area contributed by atoms with Gasteiger partial charge in [0.15, 0.2) is 5.82 Å². The van der Waals surface area contributed by atoms with Crippen LogP contribution in [0.5, 0.6) is 0 Å². The first-order valence-corrected chi connectivity index (χ1v) is 7.44. The molecule has 0 spiro atoms. The van der Waals surface area contributed by atoms with E-state index in [4.69, 9.17) is 0 Å². The Bertz CT molecular complexity index is 704. The average molecular weight is 302 g/mol. The van der Waals surface area contributed by atoms with Gasteiger partial charge >= 0.3 is 6.03 Å². The van der Waals surface area contributed by atoms with E-state index in [-0.39, 0.29) is 6.03 Å². The Morgan fingerprint density at radius 3 is 2.55 bits per heavy atom. The number of carbonyl (C=O) groups is 1. The van der Waals surface area contributed by atoms with E-state index in [1.165, 1.54) is 6.07 Å². The molecule has 0 radical (unpaired) electrons. The molecule has 5 nitrogen and oxygen atoms in total. The van der Waals surface area contributed by atoms with Crippen molar-refractivity contribution >= 4 is 11.7 Å². The molecule has 1 fully saturated rings. The van der Waals surface area contributed by atoms with Crippen LogP contribution >= 0.6 is 0 Å².